The lowest BCUT2D eigenvalue weighted by molar-refractivity contribution is 0.0699. The highest BCUT2D eigenvalue weighted by atomic mass is 32.1. The Labute approximate surface area is 161 Å². The molecule has 1 aliphatic heterocycles. The zero-order chi connectivity index (χ0) is 19.0. The van der Waals surface area contributed by atoms with Crippen LogP contribution in [0.2, 0.25) is 0 Å². The zero-order valence-corrected chi connectivity index (χ0v) is 16.5. The van der Waals surface area contributed by atoms with Crippen LogP contribution < -0.4 is 0 Å². The first-order valence-corrected chi connectivity index (χ1v) is 9.94. The first-order valence-electron chi connectivity index (χ1n) is 9.17. The Hall–Kier alpha value is -2.55. The third kappa shape index (κ3) is 3.27. The molecule has 0 aromatic carbocycles. The lowest BCUT2D eigenvalue weighted by Gasteiger charge is -2.31. The Morgan fingerprint density at radius 1 is 1.44 bits per heavy atom. The molecule has 27 heavy (non-hydrogen) atoms. The van der Waals surface area contributed by atoms with Crippen LogP contribution in [-0.4, -0.2) is 48.8 Å². The number of rotatable bonds is 4. The molecule has 0 spiro atoms. The summed E-state index contributed by atoms with van der Waals surface area (Å²) in [5, 5.41) is 15.5. The van der Waals surface area contributed by atoms with E-state index in [9.17, 15) is 4.79 Å². The fourth-order valence-electron chi connectivity index (χ4n) is 3.63. The van der Waals surface area contributed by atoms with Gasteiger partial charge in [-0.25, -0.2) is 0 Å². The summed E-state index contributed by atoms with van der Waals surface area (Å²) in [7, 11) is 0. The summed E-state index contributed by atoms with van der Waals surface area (Å²) in [6.07, 6.45) is 2.72. The maximum absolute atomic E-state index is 13.0. The van der Waals surface area contributed by atoms with Gasteiger partial charge < -0.3 is 9.42 Å². The summed E-state index contributed by atoms with van der Waals surface area (Å²) in [6.45, 7) is 7.23. The van der Waals surface area contributed by atoms with Gasteiger partial charge in [0, 0.05) is 36.3 Å². The van der Waals surface area contributed by atoms with Crippen molar-refractivity contribution in [1.29, 1.82) is 0 Å². The third-order valence-electron chi connectivity index (χ3n) is 5.13. The number of aryl methyl sites for hydroxylation is 2. The number of hydrogen-bond donors (Lipinski definition) is 1. The van der Waals surface area contributed by atoms with Gasteiger partial charge in [0.15, 0.2) is 11.5 Å². The molecule has 3 aromatic heterocycles. The molecular weight excluding hydrogens is 364 g/mol. The van der Waals surface area contributed by atoms with E-state index in [1.807, 2.05) is 31.7 Å². The average molecular weight is 386 g/mol. The molecule has 8 nitrogen and oxygen atoms in total. The van der Waals surface area contributed by atoms with Crippen molar-refractivity contribution < 1.29 is 9.32 Å². The molecule has 4 heterocycles. The minimum atomic E-state index is -0.0200. The van der Waals surface area contributed by atoms with Gasteiger partial charge in [-0.3, -0.25) is 9.89 Å². The Balaban J connectivity index is 1.56. The largest absolute Gasteiger partial charge is 0.355 e. The highest BCUT2D eigenvalue weighted by Gasteiger charge is 2.31. The van der Waals surface area contributed by atoms with Crippen molar-refractivity contribution in [3.63, 3.8) is 0 Å². The number of carbonyl (C=O) groups is 1. The van der Waals surface area contributed by atoms with E-state index in [0.29, 0.717) is 18.0 Å². The smallest absolute Gasteiger partial charge is 0.274 e. The second-order valence-electron chi connectivity index (χ2n) is 6.94. The lowest BCUT2D eigenvalue weighted by Crippen LogP contribution is -2.39. The van der Waals surface area contributed by atoms with Gasteiger partial charge in [-0.15, -0.1) is 5.10 Å². The molecule has 4 rings (SSSR count). The molecule has 9 heteroatoms. The first-order chi connectivity index (χ1) is 13.1. The van der Waals surface area contributed by atoms with E-state index >= 15 is 0 Å². The van der Waals surface area contributed by atoms with Crippen molar-refractivity contribution in [3.05, 3.63) is 34.4 Å². The number of hydrogen-bond acceptors (Lipinski definition) is 7. The molecular formula is C18H22N6O2S. The molecule has 1 atom stereocenters. The van der Waals surface area contributed by atoms with Crippen LogP contribution in [0.4, 0.5) is 0 Å². The number of nitrogens with one attached hydrogen (secondary N) is 1. The zero-order valence-electron chi connectivity index (χ0n) is 15.7. The number of amides is 1. The van der Waals surface area contributed by atoms with Gasteiger partial charge >= 0.3 is 0 Å². The van der Waals surface area contributed by atoms with Crippen molar-refractivity contribution in [2.45, 2.75) is 46.0 Å². The monoisotopic (exact) mass is 386 g/mol. The van der Waals surface area contributed by atoms with Crippen molar-refractivity contribution >= 4 is 17.4 Å². The second-order valence-corrected chi connectivity index (χ2v) is 7.69. The molecule has 1 fully saturated rings. The predicted octanol–water partition coefficient (Wildman–Crippen LogP) is 3.12. The highest BCUT2D eigenvalue weighted by molar-refractivity contribution is 7.09. The van der Waals surface area contributed by atoms with Crippen LogP contribution in [0.15, 0.2) is 10.6 Å². The van der Waals surface area contributed by atoms with Crippen LogP contribution in [0.3, 0.4) is 0 Å². The van der Waals surface area contributed by atoms with Crippen LogP contribution in [0.5, 0.6) is 0 Å². The maximum Gasteiger partial charge on any atom is 0.274 e. The fraction of sp³-hybridized carbons (Fsp3) is 0.500. The topological polar surface area (TPSA) is 101 Å². The van der Waals surface area contributed by atoms with Crippen LogP contribution in [-0.2, 0) is 6.42 Å². The summed E-state index contributed by atoms with van der Waals surface area (Å²) in [5.41, 5.74) is 4.19. The number of H-pyrrole nitrogens is 1. The predicted molar refractivity (Wildman–Crippen MR) is 101 cm³/mol. The average Bonchev–Trinajstić information content (AvgIpc) is 3.40. The van der Waals surface area contributed by atoms with Crippen molar-refractivity contribution in [3.8, 4) is 10.6 Å². The number of aromatic nitrogens is 5. The summed E-state index contributed by atoms with van der Waals surface area (Å²) in [6, 6.07) is 1.89. The molecule has 3 aromatic rings. The van der Waals surface area contributed by atoms with E-state index in [1.165, 1.54) is 11.5 Å². The number of aromatic amines is 1. The molecule has 1 aliphatic rings. The van der Waals surface area contributed by atoms with Crippen molar-refractivity contribution in [2.75, 3.05) is 13.1 Å². The first kappa shape index (κ1) is 17.8. The standard InChI is InChI=1S/C18H22N6O2S/c1-4-13-11(3)15(20-19-13)18(25)24-7-5-6-12(9-24)16-17(27-23-21-16)14-8-10(2)22-26-14/h8,12H,4-7,9H2,1-3H3,(H,19,20)/t12-/m1/s1. The quantitative estimate of drug-likeness (QED) is 0.739. The van der Waals surface area contributed by atoms with Gasteiger partial charge in [-0.2, -0.15) is 5.10 Å². The number of likely N-dealkylation sites (tertiary alicyclic amines) is 1. The maximum atomic E-state index is 13.0. The van der Waals surface area contributed by atoms with E-state index in [0.717, 1.165) is 53.3 Å². The van der Waals surface area contributed by atoms with Gasteiger partial charge in [0.2, 0.25) is 0 Å². The normalized spacial score (nSPS) is 17.4. The van der Waals surface area contributed by atoms with Crippen LogP contribution in [0, 0.1) is 13.8 Å². The molecule has 0 unspecified atom stereocenters. The van der Waals surface area contributed by atoms with E-state index in [-0.39, 0.29) is 11.8 Å². The Morgan fingerprint density at radius 2 is 2.30 bits per heavy atom. The van der Waals surface area contributed by atoms with Gasteiger partial charge in [-0.05, 0) is 44.6 Å². The van der Waals surface area contributed by atoms with E-state index in [4.69, 9.17) is 4.52 Å². The van der Waals surface area contributed by atoms with Gasteiger partial charge in [0.25, 0.3) is 5.91 Å². The summed E-state index contributed by atoms with van der Waals surface area (Å²) in [4.78, 5) is 15.8. The Kier molecular flexibility index (Phi) is 4.77. The minimum absolute atomic E-state index is 0.0200. The van der Waals surface area contributed by atoms with Crippen LogP contribution in [0.25, 0.3) is 10.6 Å². The van der Waals surface area contributed by atoms with Crippen molar-refractivity contribution in [2.24, 2.45) is 0 Å². The number of piperidine rings is 1. The molecule has 0 aliphatic carbocycles. The van der Waals surface area contributed by atoms with E-state index < -0.39 is 0 Å². The van der Waals surface area contributed by atoms with Crippen LogP contribution in [0.1, 0.15) is 58.8 Å². The molecule has 0 radical (unpaired) electrons. The fourth-order valence-corrected chi connectivity index (χ4v) is 4.32. The molecule has 1 amide bonds. The Bertz CT molecular complexity index is 959. The number of nitrogens with zero attached hydrogens (tertiary/aromatic N) is 5. The van der Waals surface area contributed by atoms with Gasteiger partial charge in [0.1, 0.15) is 4.88 Å². The molecule has 1 N–H and O–H groups in total. The van der Waals surface area contributed by atoms with Gasteiger partial charge in [-0.1, -0.05) is 16.6 Å². The van der Waals surface area contributed by atoms with E-state index in [2.05, 4.69) is 24.9 Å². The van der Waals surface area contributed by atoms with Gasteiger partial charge in [0.05, 0.1) is 11.4 Å². The Morgan fingerprint density at radius 3 is 3.00 bits per heavy atom. The molecule has 0 bridgehead atoms. The molecule has 142 valence electrons. The van der Waals surface area contributed by atoms with Crippen molar-refractivity contribution in [1.82, 2.24) is 29.8 Å². The summed E-state index contributed by atoms with van der Waals surface area (Å²) < 4.78 is 9.52. The van der Waals surface area contributed by atoms with E-state index in [1.54, 1.807) is 0 Å². The second kappa shape index (κ2) is 7.22. The minimum Gasteiger partial charge on any atom is -0.355 e. The van der Waals surface area contributed by atoms with Crippen LogP contribution >= 0.6 is 11.5 Å². The summed E-state index contributed by atoms with van der Waals surface area (Å²) >= 11 is 1.31. The lowest BCUT2D eigenvalue weighted by atomic mass is 9.93. The molecule has 1 saturated heterocycles. The SMILES string of the molecule is CCc1[nH]nc(C(=O)N2CCC[C@@H](c3nnsc3-c3cc(C)no3)C2)c1C. The highest BCUT2D eigenvalue weighted by Crippen LogP contribution is 2.35. The third-order valence-corrected chi connectivity index (χ3v) is 5.88. The number of carbonyl (C=O) groups excluding carboxylic acids is 1. The molecule has 0 saturated carbocycles. The summed E-state index contributed by atoms with van der Waals surface area (Å²) in [5.74, 6) is 0.803.